The molecule has 1 N–H and O–H groups in total. The van der Waals surface area contributed by atoms with Gasteiger partial charge in [0.1, 0.15) is 0 Å². The molecule has 3 rings (SSSR count). The van der Waals surface area contributed by atoms with E-state index < -0.39 is 0 Å². The van der Waals surface area contributed by atoms with Crippen LogP contribution in [0.15, 0.2) is 24.5 Å². The van der Waals surface area contributed by atoms with Crippen LogP contribution in [0.3, 0.4) is 0 Å². The van der Waals surface area contributed by atoms with Crippen molar-refractivity contribution in [1.29, 1.82) is 0 Å². The molecule has 25 heavy (non-hydrogen) atoms. The van der Waals surface area contributed by atoms with E-state index in [-0.39, 0.29) is 30.3 Å². The maximum Gasteiger partial charge on any atom is 0.225 e. The van der Waals surface area contributed by atoms with Crippen molar-refractivity contribution < 1.29 is 9.59 Å². The molecule has 0 aromatic carbocycles. The number of aryl methyl sites for hydroxylation is 2. The molecule has 2 amide bonds. The molecular formula is C18H23N5O2. The first-order valence-electron chi connectivity index (χ1n) is 8.32. The van der Waals surface area contributed by atoms with Crippen molar-refractivity contribution >= 4 is 11.8 Å². The Morgan fingerprint density at radius 2 is 2.12 bits per heavy atom. The van der Waals surface area contributed by atoms with Crippen LogP contribution >= 0.6 is 0 Å². The lowest BCUT2D eigenvalue weighted by atomic mass is 10.0. The number of likely N-dealkylation sites (N-methyl/N-ethyl adjacent to an activating group) is 1. The zero-order chi connectivity index (χ0) is 18.1. The van der Waals surface area contributed by atoms with Gasteiger partial charge >= 0.3 is 0 Å². The fourth-order valence-corrected chi connectivity index (χ4v) is 3.50. The van der Waals surface area contributed by atoms with Gasteiger partial charge in [0, 0.05) is 44.2 Å². The lowest BCUT2D eigenvalue weighted by molar-refractivity contribution is -0.127. The molecule has 7 heteroatoms. The number of nitrogens with zero attached hydrogens (tertiary/aromatic N) is 4. The van der Waals surface area contributed by atoms with Gasteiger partial charge in [-0.05, 0) is 25.5 Å². The van der Waals surface area contributed by atoms with Crippen LogP contribution in [-0.4, -0.2) is 44.6 Å². The van der Waals surface area contributed by atoms with Crippen LogP contribution in [0.2, 0.25) is 0 Å². The van der Waals surface area contributed by atoms with Gasteiger partial charge < -0.3 is 10.2 Å². The molecule has 1 fully saturated rings. The van der Waals surface area contributed by atoms with E-state index in [0.29, 0.717) is 6.42 Å². The van der Waals surface area contributed by atoms with Crippen molar-refractivity contribution in [2.45, 2.75) is 38.8 Å². The van der Waals surface area contributed by atoms with Crippen molar-refractivity contribution in [1.82, 2.24) is 25.0 Å². The molecule has 7 nitrogen and oxygen atoms in total. The summed E-state index contributed by atoms with van der Waals surface area (Å²) in [6.07, 6.45) is 4.00. The highest BCUT2D eigenvalue weighted by molar-refractivity contribution is 5.84. The third-order valence-electron chi connectivity index (χ3n) is 4.95. The number of rotatable bonds is 4. The van der Waals surface area contributed by atoms with Crippen LogP contribution < -0.4 is 5.32 Å². The maximum atomic E-state index is 12.6. The van der Waals surface area contributed by atoms with Crippen LogP contribution in [0, 0.1) is 13.8 Å². The number of hydrogen-bond donors (Lipinski definition) is 1. The van der Waals surface area contributed by atoms with Gasteiger partial charge in [0.25, 0.3) is 0 Å². The van der Waals surface area contributed by atoms with Crippen molar-refractivity contribution in [3.8, 4) is 0 Å². The van der Waals surface area contributed by atoms with Gasteiger partial charge in [0.15, 0.2) is 0 Å². The summed E-state index contributed by atoms with van der Waals surface area (Å²) >= 11 is 0. The second kappa shape index (κ2) is 6.66. The topological polar surface area (TPSA) is 80.1 Å². The number of aromatic nitrogens is 3. The molecule has 1 saturated heterocycles. The summed E-state index contributed by atoms with van der Waals surface area (Å²) in [6.45, 7) is 3.86. The second-order valence-electron chi connectivity index (χ2n) is 6.56. The SMILES string of the molecule is Cc1nn(C)c(C)c1CC(=O)N[C@@H]1CC(=O)N(C)[C@H]1c1cccnc1. The molecule has 2 aromatic rings. The largest absolute Gasteiger partial charge is 0.350 e. The summed E-state index contributed by atoms with van der Waals surface area (Å²) in [5.41, 5.74) is 3.71. The summed E-state index contributed by atoms with van der Waals surface area (Å²) in [4.78, 5) is 30.6. The summed E-state index contributed by atoms with van der Waals surface area (Å²) in [5.74, 6) is -0.0749. The molecule has 132 valence electrons. The quantitative estimate of drug-likeness (QED) is 0.902. The molecule has 2 atom stereocenters. The normalized spacial score (nSPS) is 20.2. The minimum atomic E-state index is -0.258. The number of amides is 2. The summed E-state index contributed by atoms with van der Waals surface area (Å²) in [6, 6.07) is 3.32. The third-order valence-corrected chi connectivity index (χ3v) is 4.95. The molecule has 1 aliphatic rings. The molecule has 0 radical (unpaired) electrons. The predicted octanol–water partition coefficient (Wildman–Crippen LogP) is 1.06. The van der Waals surface area contributed by atoms with Crippen molar-refractivity contribution in [2.75, 3.05) is 7.05 Å². The van der Waals surface area contributed by atoms with E-state index in [1.54, 1.807) is 29.0 Å². The molecular weight excluding hydrogens is 318 g/mol. The maximum absolute atomic E-state index is 12.6. The van der Waals surface area contributed by atoms with Crippen molar-refractivity contribution in [3.63, 3.8) is 0 Å². The van der Waals surface area contributed by atoms with E-state index in [1.165, 1.54) is 0 Å². The van der Waals surface area contributed by atoms with Crippen LogP contribution in [0.5, 0.6) is 0 Å². The van der Waals surface area contributed by atoms with Gasteiger partial charge in [0.05, 0.1) is 24.2 Å². The molecule has 0 unspecified atom stereocenters. The Balaban J connectivity index is 1.76. The lowest BCUT2D eigenvalue weighted by Gasteiger charge is -2.25. The van der Waals surface area contributed by atoms with Crippen LogP contribution in [0.25, 0.3) is 0 Å². The summed E-state index contributed by atoms with van der Waals surface area (Å²) in [5, 5.41) is 7.38. The van der Waals surface area contributed by atoms with Crippen LogP contribution in [0.1, 0.15) is 35.0 Å². The van der Waals surface area contributed by atoms with Gasteiger partial charge in [-0.1, -0.05) is 6.07 Å². The number of nitrogens with one attached hydrogen (secondary N) is 1. The second-order valence-corrected chi connectivity index (χ2v) is 6.56. The average molecular weight is 341 g/mol. The van der Waals surface area contributed by atoms with E-state index in [1.807, 2.05) is 33.0 Å². The molecule has 3 heterocycles. The third kappa shape index (κ3) is 3.26. The summed E-state index contributed by atoms with van der Waals surface area (Å²) in [7, 11) is 3.63. The minimum absolute atomic E-state index is 0.0212. The number of carbonyl (C=O) groups excluding carboxylic acids is 2. The Kier molecular flexibility index (Phi) is 4.57. The lowest BCUT2D eigenvalue weighted by Crippen LogP contribution is -2.39. The number of hydrogen-bond acceptors (Lipinski definition) is 4. The minimum Gasteiger partial charge on any atom is -0.350 e. The highest BCUT2D eigenvalue weighted by Crippen LogP contribution is 2.31. The van der Waals surface area contributed by atoms with E-state index in [4.69, 9.17) is 0 Å². The fourth-order valence-electron chi connectivity index (χ4n) is 3.50. The Morgan fingerprint density at radius 1 is 1.36 bits per heavy atom. The smallest absolute Gasteiger partial charge is 0.225 e. The predicted molar refractivity (Wildman–Crippen MR) is 92.7 cm³/mol. The van der Waals surface area contributed by atoms with Crippen molar-refractivity contribution in [2.24, 2.45) is 7.05 Å². The Labute approximate surface area is 147 Å². The fraction of sp³-hybridized carbons (Fsp3) is 0.444. The van der Waals surface area contributed by atoms with Crippen LogP contribution in [-0.2, 0) is 23.1 Å². The Morgan fingerprint density at radius 3 is 2.72 bits per heavy atom. The zero-order valence-electron chi connectivity index (χ0n) is 15.0. The van der Waals surface area contributed by atoms with E-state index in [2.05, 4.69) is 15.4 Å². The van der Waals surface area contributed by atoms with Crippen LogP contribution in [0.4, 0.5) is 0 Å². The monoisotopic (exact) mass is 341 g/mol. The van der Waals surface area contributed by atoms with Gasteiger partial charge in [-0.3, -0.25) is 19.3 Å². The van der Waals surface area contributed by atoms with E-state index >= 15 is 0 Å². The zero-order valence-corrected chi connectivity index (χ0v) is 15.0. The molecule has 0 aliphatic carbocycles. The Hall–Kier alpha value is -2.70. The summed E-state index contributed by atoms with van der Waals surface area (Å²) < 4.78 is 1.78. The molecule has 1 aliphatic heterocycles. The van der Waals surface area contributed by atoms with E-state index in [9.17, 15) is 9.59 Å². The van der Waals surface area contributed by atoms with Gasteiger partial charge in [0.2, 0.25) is 11.8 Å². The number of carbonyl (C=O) groups is 2. The first-order chi connectivity index (χ1) is 11.9. The Bertz CT molecular complexity index is 799. The van der Waals surface area contributed by atoms with Gasteiger partial charge in [-0.25, -0.2) is 0 Å². The van der Waals surface area contributed by atoms with E-state index in [0.717, 1.165) is 22.5 Å². The standard InChI is InChI=1S/C18H23N5O2/c1-11-14(12(2)23(4)21-11)8-16(24)20-15-9-17(25)22(3)18(15)13-6-5-7-19-10-13/h5-7,10,15,18H,8-9H2,1-4H3,(H,20,24)/t15-,18+/m1/s1. The van der Waals surface area contributed by atoms with Crippen molar-refractivity contribution in [3.05, 3.63) is 47.0 Å². The van der Waals surface area contributed by atoms with Gasteiger partial charge in [-0.2, -0.15) is 5.10 Å². The molecule has 2 aromatic heterocycles. The highest BCUT2D eigenvalue weighted by Gasteiger charge is 2.39. The molecule has 0 saturated carbocycles. The number of likely N-dealkylation sites (tertiary alicyclic amines) is 1. The van der Waals surface area contributed by atoms with Gasteiger partial charge in [-0.15, -0.1) is 0 Å². The highest BCUT2D eigenvalue weighted by atomic mass is 16.2. The molecule has 0 spiro atoms. The first-order valence-corrected chi connectivity index (χ1v) is 8.32. The molecule has 0 bridgehead atoms. The first kappa shape index (κ1) is 17.1. The number of pyridine rings is 1. The average Bonchev–Trinajstić information content (AvgIpc) is 2.98.